The van der Waals surface area contributed by atoms with Crippen LogP contribution >= 0.6 is 11.6 Å². The second kappa shape index (κ2) is 4.66. The van der Waals surface area contributed by atoms with Gasteiger partial charge in [-0.15, -0.1) is 0 Å². The first-order chi connectivity index (χ1) is 8.75. The molecule has 1 aliphatic heterocycles. The van der Waals surface area contributed by atoms with Crippen LogP contribution < -0.4 is 0 Å². The van der Waals surface area contributed by atoms with Crippen molar-refractivity contribution in [2.24, 2.45) is 0 Å². The third-order valence-electron chi connectivity index (χ3n) is 2.84. The Morgan fingerprint density at radius 1 is 1.39 bits per heavy atom. The van der Waals surface area contributed by atoms with E-state index in [1.807, 2.05) is 0 Å². The first-order valence-corrected chi connectivity index (χ1v) is 6.03. The van der Waals surface area contributed by atoms with Crippen LogP contribution in [0.1, 0.15) is 24.8 Å². The van der Waals surface area contributed by atoms with Gasteiger partial charge in [0.2, 0.25) is 5.82 Å². The summed E-state index contributed by atoms with van der Waals surface area (Å²) < 4.78 is 24.3. The van der Waals surface area contributed by atoms with E-state index in [4.69, 9.17) is 20.9 Å². The van der Waals surface area contributed by atoms with Gasteiger partial charge in [-0.1, -0.05) is 22.8 Å². The Hall–Kier alpha value is -1.46. The molecule has 0 saturated carbocycles. The monoisotopic (exact) mass is 268 g/mol. The zero-order valence-corrected chi connectivity index (χ0v) is 10.2. The van der Waals surface area contributed by atoms with Gasteiger partial charge in [0.15, 0.2) is 5.82 Å². The second-order valence-electron chi connectivity index (χ2n) is 4.06. The van der Waals surface area contributed by atoms with Crippen molar-refractivity contribution < 1.29 is 13.7 Å². The first-order valence-electron chi connectivity index (χ1n) is 5.65. The van der Waals surface area contributed by atoms with Gasteiger partial charge >= 0.3 is 0 Å². The van der Waals surface area contributed by atoms with Crippen molar-refractivity contribution in [2.45, 2.75) is 18.9 Å². The van der Waals surface area contributed by atoms with Gasteiger partial charge in [0.1, 0.15) is 6.10 Å². The molecule has 1 atom stereocenters. The van der Waals surface area contributed by atoms with Crippen molar-refractivity contribution in [3.63, 3.8) is 0 Å². The number of halogens is 2. The van der Waals surface area contributed by atoms with Crippen LogP contribution in [-0.4, -0.2) is 16.7 Å². The lowest BCUT2D eigenvalue weighted by molar-refractivity contribution is 0.0835. The van der Waals surface area contributed by atoms with Crippen molar-refractivity contribution in [1.29, 1.82) is 0 Å². The summed E-state index contributed by atoms with van der Waals surface area (Å²) in [5.41, 5.74) is 0.232. The smallest absolute Gasteiger partial charge is 0.256 e. The summed E-state index contributed by atoms with van der Waals surface area (Å²) in [5, 5.41) is 3.81. The molecule has 0 aliphatic carbocycles. The molecule has 6 heteroatoms. The summed E-state index contributed by atoms with van der Waals surface area (Å²) in [7, 11) is 0. The second-order valence-corrected chi connectivity index (χ2v) is 4.47. The quantitative estimate of drug-likeness (QED) is 0.838. The number of hydrogen-bond acceptors (Lipinski definition) is 4. The number of hydrogen-bond donors (Lipinski definition) is 0. The average molecular weight is 269 g/mol. The summed E-state index contributed by atoms with van der Waals surface area (Å²) in [6.07, 6.45) is 1.64. The highest BCUT2D eigenvalue weighted by Crippen LogP contribution is 2.30. The molecular weight excluding hydrogens is 259 g/mol. The Morgan fingerprint density at radius 3 is 3.06 bits per heavy atom. The van der Waals surface area contributed by atoms with Gasteiger partial charge in [-0.3, -0.25) is 0 Å². The van der Waals surface area contributed by atoms with Gasteiger partial charge in [-0.05, 0) is 25.0 Å². The van der Waals surface area contributed by atoms with Crippen molar-refractivity contribution in [1.82, 2.24) is 10.1 Å². The van der Waals surface area contributed by atoms with Gasteiger partial charge < -0.3 is 9.26 Å². The number of aromatic nitrogens is 2. The third-order valence-corrected chi connectivity index (χ3v) is 3.13. The van der Waals surface area contributed by atoms with E-state index in [1.54, 1.807) is 12.1 Å². The topological polar surface area (TPSA) is 48.2 Å². The Morgan fingerprint density at radius 2 is 2.28 bits per heavy atom. The molecule has 0 unspecified atom stereocenters. The molecular formula is C12H10ClFN2O2. The van der Waals surface area contributed by atoms with Crippen LogP contribution in [0.15, 0.2) is 22.7 Å². The molecule has 0 radical (unpaired) electrons. The van der Waals surface area contributed by atoms with E-state index < -0.39 is 5.82 Å². The minimum atomic E-state index is -0.543. The van der Waals surface area contributed by atoms with Gasteiger partial charge in [-0.25, -0.2) is 4.39 Å². The normalized spacial score (nSPS) is 19.3. The number of nitrogens with zero attached hydrogens (tertiary/aromatic N) is 2. The molecule has 2 aromatic rings. The maximum atomic E-state index is 13.8. The lowest BCUT2D eigenvalue weighted by atomic mass is 10.2. The highest BCUT2D eigenvalue weighted by Gasteiger charge is 2.25. The number of rotatable bonds is 2. The zero-order chi connectivity index (χ0) is 12.5. The molecule has 94 valence electrons. The fraction of sp³-hybridized carbons (Fsp3) is 0.333. The summed E-state index contributed by atoms with van der Waals surface area (Å²) in [5.74, 6) is 0.0428. The average Bonchev–Trinajstić information content (AvgIpc) is 3.01. The van der Waals surface area contributed by atoms with Crippen molar-refractivity contribution in [2.75, 3.05) is 6.61 Å². The van der Waals surface area contributed by atoms with Crippen LogP contribution in [0.2, 0.25) is 5.02 Å². The minimum Gasteiger partial charge on any atom is -0.368 e. The van der Waals surface area contributed by atoms with Gasteiger partial charge in [0.05, 0.1) is 10.6 Å². The van der Waals surface area contributed by atoms with E-state index in [-0.39, 0.29) is 22.5 Å². The predicted octanol–water partition coefficient (Wildman–Crippen LogP) is 3.38. The van der Waals surface area contributed by atoms with E-state index in [0.29, 0.717) is 12.5 Å². The summed E-state index contributed by atoms with van der Waals surface area (Å²) in [4.78, 5) is 4.16. The number of ether oxygens (including phenoxy) is 1. The van der Waals surface area contributed by atoms with E-state index in [1.165, 1.54) is 6.07 Å². The highest BCUT2D eigenvalue weighted by atomic mass is 35.5. The van der Waals surface area contributed by atoms with Crippen LogP contribution in [0.3, 0.4) is 0 Å². The molecule has 0 spiro atoms. The molecule has 0 bridgehead atoms. The zero-order valence-electron chi connectivity index (χ0n) is 9.40. The summed E-state index contributed by atoms with van der Waals surface area (Å²) in [6, 6.07) is 4.68. The van der Waals surface area contributed by atoms with E-state index in [0.717, 1.165) is 12.8 Å². The molecule has 0 N–H and O–H groups in total. The van der Waals surface area contributed by atoms with Gasteiger partial charge in [0.25, 0.3) is 5.89 Å². The molecule has 0 amide bonds. The van der Waals surface area contributed by atoms with Crippen LogP contribution in [0, 0.1) is 5.82 Å². The van der Waals surface area contributed by atoms with Crippen LogP contribution in [0.5, 0.6) is 0 Å². The molecule has 1 saturated heterocycles. The van der Waals surface area contributed by atoms with Crippen molar-refractivity contribution >= 4 is 11.6 Å². The lowest BCUT2D eigenvalue weighted by Gasteiger charge is -2.01. The van der Waals surface area contributed by atoms with E-state index >= 15 is 0 Å². The van der Waals surface area contributed by atoms with Gasteiger partial charge in [-0.2, -0.15) is 4.98 Å². The first kappa shape index (κ1) is 11.6. The summed E-state index contributed by atoms with van der Waals surface area (Å²) >= 11 is 5.71. The Bertz CT molecular complexity index is 567. The fourth-order valence-electron chi connectivity index (χ4n) is 1.92. The highest BCUT2D eigenvalue weighted by molar-refractivity contribution is 6.31. The SMILES string of the molecule is Fc1c(Cl)cccc1-c1noc([C@@H]2CCCO2)n1. The van der Waals surface area contributed by atoms with Crippen LogP contribution in [0.25, 0.3) is 11.4 Å². The molecule has 1 aromatic heterocycles. The Labute approximate surface area is 108 Å². The fourth-order valence-corrected chi connectivity index (χ4v) is 2.10. The Balaban J connectivity index is 1.95. The molecule has 2 heterocycles. The molecule has 18 heavy (non-hydrogen) atoms. The number of benzene rings is 1. The van der Waals surface area contributed by atoms with Crippen molar-refractivity contribution in [3.05, 3.63) is 34.9 Å². The van der Waals surface area contributed by atoms with Crippen molar-refractivity contribution in [3.8, 4) is 11.4 Å². The predicted molar refractivity (Wildman–Crippen MR) is 62.6 cm³/mol. The van der Waals surface area contributed by atoms with Crippen LogP contribution in [0.4, 0.5) is 4.39 Å². The molecule has 1 aromatic carbocycles. The molecule has 1 fully saturated rings. The molecule has 3 rings (SSSR count). The minimum absolute atomic E-state index is 0.0379. The molecule has 1 aliphatic rings. The Kier molecular flexibility index (Phi) is 3.01. The van der Waals surface area contributed by atoms with E-state index in [9.17, 15) is 4.39 Å². The maximum absolute atomic E-state index is 13.8. The standard InChI is InChI=1S/C12H10ClFN2O2/c13-8-4-1-3-7(10(8)14)11-15-12(18-16-11)9-5-2-6-17-9/h1,3-4,9H,2,5-6H2/t9-/m0/s1. The largest absolute Gasteiger partial charge is 0.368 e. The maximum Gasteiger partial charge on any atom is 0.256 e. The van der Waals surface area contributed by atoms with E-state index in [2.05, 4.69) is 10.1 Å². The third kappa shape index (κ3) is 2.00. The summed E-state index contributed by atoms with van der Waals surface area (Å²) in [6.45, 7) is 0.688. The van der Waals surface area contributed by atoms with Crippen LogP contribution in [-0.2, 0) is 4.74 Å². The molecule has 4 nitrogen and oxygen atoms in total. The van der Waals surface area contributed by atoms with Gasteiger partial charge in [0, 0.05) is 6.61 Å². The lowest BCUT2D eigenvalue weighted by Crippen LogP contribution is -1.96.